The minimum Gasteiger partial charge on any atom is -0.356 e. The van der Waals surface area contributed by atoms with Crippen molar-refractivity contribution in [2.75, 3.05) is 11.9 Å². The van der Waals surface area contributed by atoms with Gasteiger partial charge in [-0.05, 0) is 18.6 Å². The molecule has 0 radical (unpaired) electrons. The molecule has 0 unspecified atom stereocenters. The van der Waals surface area contributed by atoms with Crippen LogP contribution in [0.15, 0.2) is 24.3 Å². The minimum atomic E-state index is 0. The van der Waals surface area contributed by atoms with Crippen molar-refractivity contribution in [1.82, 2.24) is 9.55 Å². The molecule has 1 aliphatic rings. The fourth-order valence-electron chi connectivity index (χ4n) is 1.87. The van der Waals surface area contributed by atoms with Gasteiger partial charge >= 0.3 is 0 Å². The highest BCUT2D eigenvalue weighted by Crippen LogP contribution is 2.21. The molecular formula is C10H12ClN3. The van der Waals surface area contributed by atoms with Crippen LogP contribution >= 0.6 is 12.4 Å². The molecule has 0 bridgehead atoms. The molecule has 0 atom stereocenters. The van der Waals surface area contributed by atoms with Gasteiger partial charge in [0.1, 0.15) is 0 Å². The number of hydrogen-bond donors (Lipinski definition) is 1. The van der Waals surface area contributed by atoms with Crippen LogP contribution in [-0.4, -0.2) is 16.1 Å². The largest absolute Gasteiger partial charge is 0.356 e. The molecular weight excluding hydrogens is 198 g/mol. The maximum atomic E-state index is 4.51. The highest BCUT2D eigenvalue weighted by atomic mass is 35.5. The van der Waals surface area contributed by atoms with Gasteiger partial charge in [-0.15, -0.1) is 12.4 Å². The standard InChI is InChI=1S/C10H11N3.ClH/c1-2-5-9-8(4-1)12-10-11-6-3-7-13(9)10;/h1-2,4-5H,3,6-7H2,(H,11,12);1H. The summed E-state index contributed by atoms with van der Waals surface area (Å²) in [6.07, 6.45) is 1.19. The lowest BCUT2D eigenvalue weighted by molar-refractivity contribution is 0.642. The monoisotopic (exact) mass is 209 g/mol. The maximum Gasteiger partial charge on any atom is 0.203 e. The van der Waals surface area contributed by atoms with Gasteiger partial charge in [0.15, 0.2) is 0 Å². The third-order valence-electron chi connectivity index (χ3n) is 2.50. The first-order valence-corrected chi connectivity index (χ1v) is 4.64. The van der Waals surface area contributed by atoms with E-state index in [4.69, 9.17) is 0 Å². The Balaban J connectivity index is 0.000000750. The molecule has 0 saturated heterocycles. The lowest BCUT2D eigenvalue weighted by atomic mass is 10.3. The van der Waals surface area contributed by atoms with Gasteiger partial charge < -0.3 is 9.88 Å². The van der Waals surface area contributed by atoms with E-state index in [2.05, 4.69) is 33.1 Å². The Kier molecular flexibility index (Phi) is 2.33. The molecule has 1 N–H and O–H groups in total. The van der Waals surface area contributed by atoms with E-state index in [0.29, 0.717) is 0 Å². The van der Waals surface area contributed by atoms with Crippen LogP contribution in [0.25, 0.3) is 11.0 Å². The highest BCUT2D eigenvalue weighted by molar-refractivity contribution is 5.85. The molecule has 0 spiro atoms. The van der Waals surface area contributed by atoms with Crippen LogP contribution < -0.4 is 5.32 Å². The first-order chi connectivity index (χ1) is 6.45. The average Bonchev–Trinajstić information content (AvgIpc) is 2.56. The fraction of sp³-hybridized carbons (Fsp3) is 0.300. The number of halogens is 1. The summed E-state index contributed by atoms with van der Waals surface area (Å²) in [4.78, 5) is 4.51. The van der Waals surface area contributed by atoms with E-state index in [-0.39, 0.29) is 12.4 Å². The number of nitrogens with one attached hydrogen (secondary N) is 1. The van der Waals surface area contributed by atoms with Crippen molar-refractivity contribution in [1.29, 1.82) is 0 Å². The Morgan fingerprint density at radius 2 is 2.14 bits per heavy atom. The molecule has 3 nitrogen and oxygen atoms in total. The summed E-state index contributed by atoms with van der Waals surface area (Å²) in [6.45, 7) is 2.13. The average molecular weight is 210 g/mol. The summed E-state index contributed by atoms with van der Waals surface area (Å²) in [5.74, 6) is 1.02. The molecule has 3 rings (SSSR count). The van der Waals surface area contributed by atoms with Gasteiger partial charge in [-0.2, -0.15) is 0 Å². The first kappa shape index (κ1) is 9.34. The number of para-hydroxylation sites is 2. The maximum absolute atomic E-state index is 4.51. The zero-order chi connectivity index (χ0) is 8.67. The Morgan fingerprint density at radius 3 is 3.07 bits per heavy atom. The second-order valence-corrected chi connectivity index (χ2v) is 3.36. The van der Waals surface area contributed by atoms with E-state index < -0.39 is 0 Å². The van der Waals surface area contributed by atoms with Gasteiger partial charge in [0.05, 0.1) is 11.0 Å². The van der Waals surface area contributed by atoms with Crippen LogP contribution in [0.5, 0.6) is 0 Å². The summed E-state index contributed by atoms with van der Waals surface area (Å²) in [5.41, 5.74) is 2.33. The van der Waals surface area contributed by atoms with E-state index in [1.807, 2.05) is 6.07 Å². The number of aromatic nitrogens is 2. The number of nitrogens with zero attached hydrogens (tertiary/aromatic N) is 2. The predicted molar refractivity (Wildman–Crippen MR) is 60.1 cm³/mol. The number of aryl methyl sites for hydroxylation is 1. The zero-order valence-corrected chi connectivity index (χ0v) is 8.55. The van der Waals surface area contributed by atoms with Gasteiger partial charge in [-0.25, -0.2) is 4.98 Å². The summed E-state index contributed by atoms with van der Waals surface area (Å²) in [7, 11) is 0. The van der Waals surface area contributed by atoms with E-state index in [1.54, 1.807) is 0 Å². The van der Waals surface area contributed by atoms with Crippen molar-refractivity contribution in [3.63, 3.8) is 0 Å². The summed E-state index contributed by atoms with van der Waals surface area (Å²) in [6, 6.07) is 8.27. The van der Waals surface area contributed by atoms with E-state index >= 15 is 0 Å². The number of hydrogen-bond acceptors (Lipinski definition) is 2. The quantitative estimate of drug-likeness (QED) is 0.722. The van der Waals surface area contributed by atoms with Gasteiger partial charge in [0.2, 0.25) is 5.95 Å². The zero-order valence-electron chi connectivity index (χ0n) is 7.73. The SMILES string of the molecule is Cl.c1ccc2c(c1)nc1n2CCCN1. The van der Waals surface area contributed by atoms with Crippen LogP contribution in [0.1, 0.15) is 6.42 Å². The molecule has 74 valence electrons. The number of imidazole rings is 1. The van der Waals surface area contributed by atoms with Gasteiger partial charge in [0, 0.05) is 13.1 Å². The number of rotatable bonds is 0. The van der Waals surface area contributed by atoms with E-state index in [9.17, 15) is 0 Å². The Hall–Kier alpha value is -1.22. The topological polar surface area (TPSA) is 29.9 Å². The normalized spacial score (nSPS) is 14.3. The Bertz CT molecular complexity index is 450. The van der Waals surface area contributed by atoms with Gasteiger partial charge in [-0.1, -0.05) is 12.1 Å². The molecule has 0 fully saturated rings. The minimum absolute atomic E-state index is 0. The van der Waals surface area contributed by atoms with Crippen LogP contribution in [0.2, 0.25) is 0 Å². The Labute approximate surface area is 88.5 Å². The molecule has 2 aromatic rings. The van der Waals surface area contributed by atoms with Gasteiger partial charge in [-0.3, -0.25) is 0 Å². The van der Waals surface area contributed by atoms with Crippen molar-refractivity contribution in [3.05, 3.63) is 24.3 Å². The number of benzene rings is 1. The molecule has 1 aromatic heterocycles. The smallest absolute Gasteiger partial charge is 0.203 e. The van der Waals surface area contributed by atoms with Crippen molar-refractivity contribution in [2.24, 2.45) is 0 Å². The summed E-state index contributed by atoms with van der Waals surface area (Å²) < 4.78 is 2.25. The lowest BCUT2D eigenvalue weighted by Gasteiger charge is -2.15. The molecule has 0 aliphatic carbocycles. The molecule has 1 aromatic carbocycles. The summed E-state index contributed by atoms with van der Waals surface area (Å²) >= 11 is 0. The first-order valence-electron chi connectivity index (χ1n) is 4.64. The number of fused-ring (bicyclic) bond motifs is 3. The van der Waals surface area contributed by atoms with Crippen molar-refractivity contribution in [2.45, 2.75) is 13.0 Å². The van der Waals surface area contributed by atoms with Crippen LogP contribution in [0, 0.1) is 0 Å². The van der Waals surface area contributed by atoms with Gasteiger partial charge in [0.25, 0.3) is 0 Å². The lowest BCUT2D eigenvalue weighted by Crippen LogP contribution is -2.16. The van der Waals surface area contributed by atoms with E-state index in [0.717, 1.165) is 24.6 Å². The molecule has 0 amide bonds. The highest BCUT2D eigenvalue weighted by Gasteiger charge is 2.12. The van der Waals surface area contributed by atoms with Crippen LogP contribution in [-0.2, 0) is 6.54 Å². The third kappa shape index (κ3) is 1.24. The fourth-order valence-corrected chi connectivity index (χ4v) is 1.87. The number of anilines is 1. The molecule has 1 aliphatic heterocycles. The van der Waals surface area contributed by atoms with Crippen molar-refractivity contribution in [3.8, 4) is 0 Å². The van der Waals surface area contributed by atoms with Crippen LogP contribution in [0.4, 0.5) is 5.95 Å². The van der Waals surface area contributed by atoms with Crippen molar-refractivity contribution < 1.29 is 0 Å². The van der Waals surface area contributed by atoms with Crippen molar-refractivity contribution >= 4 is 29.4 Å². The summed E-state index contributed by atoms with van der Waals surface area (Å²) in [5, 5.41) is 3.30. The van der Waals surface area contributed by atoms with E-state index in [1.165, 1.54) is 11.9 Å². The molecule has 0 saturated carbocycles. The predicted octanol–water partition coefficient (Wildman–Crippen LogP) is 2.27. The van der Waals surface area contributed by atoms with Crippen LogP contribution in [0.3, 0.4) is 0 Å². The molecule has 14 heavy (non-hydrogen) atoms. The molecule has 4 heteroatoms. The Morgan fingerprint density at radius 1 is 1.29 bits per heavy atom. The second-order valence-electron chi connectivity index (χ2n) is 3.36. The second kappa shape index (κ2) is 3.50. The third-order valence-corrected chi connectivity index (χ3v) is 2.50. The molecule has 2 heterocycles.